The Bertz CT molecular complexity index is 273. The average molecular weight is 232 g/mol. The van der Waals surface area contributed by atoms with Crippen LogP contribution in [0.2, 0.25) is 0 Å². The van der Waals surface area contributed by atoms with Gasteiger partial charge < -0.3 is 25.1 Å². The molecule has 0 aromatic rings. The maximum atomic E-state index is 11.7. The van der Waals surface area contributed by atoms with E-state index in [1.807, 2.05) is 0 Å². The van der Waals surface area contributed by atoms with Crippen LogP contribution in [0.15, 0.2) is 0 Å². The minimum atomic E-state index is -0.971. The van der Waals surface area contributed by atoms with E-state index in [4.69, 9.17) is 5.11 Å². The van der Waals surface area contributed by atoms with E-state index in [0.29, 0.717) is 0 Å². The second kappa shape index (κ2) is 5.13. The van der Waals surface area contributed by atoms with Gasteiger partial charge in [0.2, 0.25) is 0 Å². The third-order valence-corrected chi connectivity index (χ3v) is 2.52. The summed E-state index contributed by atoms with van der Waals surface area (Å²) >= 11 is 0. The van der Waals surface area contributed by atoms with Crippen LogP contribution in [0.5, 0.6) is 0 Å². The molecule has 0 spiro atoms. The molecule has 2 unspecified atom stereocenters. The van der Waals surface area contributed by atoms with Crippen molar-refractivity contribution in [2.24, 2.45) is 0 Å². The van der Waals surface area contributed by atoms with Gasteiger partial charge in [0, 0.05) is 13.6 Å². The van der Waals surface area contributed by atoms with Crippen LogP contribution in [0.1, 0.15) is 6.42 Å². The summed E-state index contributed by atoms with van der Waals surface area (Å²) in [6, 6.07) is -0.378. The first-order valence-corrected chi connectivity index (χ1v) is 4.99. The highest BCUT2D eigenvalue weighted by Crippen LogP contribution is 2.11. The van der Waals surface area contributed by atoms with Gasteiger partial charge in [-0.3, -0.25) is 4.79 Å². The largest absolute Gasteiger partial charge is 0.481 e. The lowest BCUT2D eigenvalue weighted by Crippen LogP contribution is -2.41. The van der Waals surface area contributed by atoms with Crippen LogP contribution >= 0.6 is 0 Å². The van der Waals surface area contributed by atoms with Gasteiger partial charge in [0.25, 0.3) is 0 Å². The maximum Gasteiger partial charge on any atom is 0.319 e. The molecule has 0 aliphatic carbocycles. The van der Waals surface area contributed by atoms with E-state index >= 15 is 0 Å². The molecule has 0 aromatic carbocycles. The van der Waals surface area contributed by atoms with Crippen molar-refractivity contribution in [1.82, 2.24) is 9.80 Å². The number of nitrogens with zero attached hydrogens (tertiary/aromatic N) is 2. The second-order valence-corrected chi connectivity index (χ2v) is 3.89. The molecule has 1 aliphatic heterocycles. The van der Waals surface area contributed by atoms with E-state index in [2.05, 4.69) is 0 Å². The van der Waals surface area contributed by atoms with Crippen molar-refractivity contribution in [3.8, 4) is 0 Å². The second-order valence-electron chi connectivity index (χ2n) is 3.89. The zero-order chi connectivity index (χ0) is 12.3. The van der Waals surface area contributed by atoms with E-state index in [1.165, 1.54) is 16.8 Å². The molecular weight excluding hydrogens is 216 g/mol. The Hall–Kier alpha value is -1.34. The standard InChI is InChI=1S/C9H16N2O5/c1-10(3-2-8(14)15)9(16)11-4-6(12)7(13)5-11/h6-7,12-13H,2-5H2,1H3,(H,14,15). The smallest absolute Gasteiger partial charge is 0.319 e. The van der Waals surface area contributed by atoms with Crippen molar-refractivity contribution in [3.05, 3.63) is 0 Å². The van der Waals surface area contributed by atoms with Gasteiger partial charge in [-0.05, 0) is 0 Å². The van der Waals surface area contributed by atoms with Gasteiger partial charge in [0.05, 0.1) is 31.7 Å². The number of β-amino-alcohol motifs (C(OH)–C–C–N with tert-alkyl or cyclic N) is 2. The number of hydrogen-bond donors (Lipinski definition) is 3. The molecule has 1 heterocycles. The molecule has 1 aliphatic rings. The number of carboxylic acids is 1. The summed E-state index contributed by atoms with van der Waals surface area (Å²) in [5.74, 6) is -0.971. The number of likely N-dealkylation sites (tertiary alicyclic amines) is 1. The number of aliphatic hydroxyl groups excluding tert-OH is 2. The van der Waals surface area contributed by atoms with Gasteiger partial charge in [0.1, 0.15) is 0 Å². The first-order chi connectivity index (χ1) is 7.41. The molecule has 1 fully saturated rings. The van der Waals surface area contributed by atoms with E-state index < -0.39 is 18.2 Å². The zero-order valence-corrected chi connectivity index (χ0v) is 9.04. The molecule has 7 nitrogen and oxygen atoms in total. The lowest BCUT2D eigenvalue weighted by atomic mass is 10.3. The van der Waals surface area contributed by atoms with Crippen LogP contribution in [-0.4, -0.2) is 76.0 Å². The summed E-state index contributed by atoms with van der Waals surface area (Å²) in [5, 5.41) is 27.0. The van der Waals surface area contributed by atoms with Gasteiger partial charge in [0.15, 0.2) is 0 Å². The van der Waals surface area contributed by atoms with Crippen LogP contribution in [0.25, 0.3) is 0 Å². The number of carbonyl (C=O) groups excluding carboxylic acids is 1. The Morgan fingerprint density at radius 1 is 1.31 bits per heavy atom. The molecule has 92 valence electrons. The molecule has 2 atom stereocenters. The van der Waals surface area contributed by atoms with Gasteiger partial charge in [-0.2, -0.15) is 0 Å². The van der Waals surface area contributed by atoms with Gasteiger partial charge in [-0.25, -0.2) is 4.79 Å². The number of carboxylic acid groups (broad SMARTS) is 1. The minimum absolute atomic E-state index is 0.0808. The molecule has 3 N–H and O–H groups in total. The van der Waals surface area contributed by atoms with Crippen LogP contribution in [-0.2, 0) is 4.79 Å². The predicted molar refractivity (Wildman–Crippen MR) is 53.9 cm³/mol. The number of aliphatic hydroxyl groups is 2. The van der Waals surface area contributed by atoms with E-state index in [-0.39, 0.29) is 32.1 Å². The molecule has 1 rings (SSSR count). The molecule has 0 saturated carbocycles. The summed E-state index contributed by atoms with van der Waals surface area (Å²) in [4.78, 5) is 24.6. The van der Waals surface area contributed by atoms with Crippen LogP contribution in [0.3, 0.4) is 0 Å². The SMILES string of the molecule is CN(CCC(=O)O)C(=O)N1CC(O)C(O)C1. The summed E-state index contributed by atoms with van der Waals surface area (Å²) < 4.78 is 0. The Morgan fingerprint density at radius 3 is 2.25 bits per heavy atom. The molecular formula is C9H16N2O5. The van der Waals surface area contributed by atoms with E-state index in [1.54, 1.807) is 0 Å². The molecule has 2 amide bonds. The fourth-order valence-corrected chi connectivity index (χ4v) is 1.53. The molecule has 7 heteroatoms. The number of aliphatic carboxylic acids is 1. The third-order valence-electron chi connectivity index (χ3n) is 2.52. The first-order valence-electron chi connectivity index (χ1n) is 4.99. The Balaban J connectivity index is 2.42. The topological polar surface area (TPSA) is 101 Å². The number of rotatable bonds is 3. The highest BCUT2D eigenvalue weighted by atomic mass is 16.4. The zero-order valence-electron chi connectivity index (χ0n) is 9.04. The van der Waals surface area contributed by atoms with Crippen molar-refractivity contribution in [3.63, 3.8) is 0 Å². The number of hydrogen-bond acceptors (Lipinski definition) is 4. The Kier molecular flexibility index (Phi) is 4.08. The number of carbonyl (C=O) groups is 2. The normalized spacial score (nSPS) is 24.6. The van der Waals surface area contributed by atoms with Crippen LogP contribution in [0.4, 0.5) is 4.79 Å². The molecule has 16 heavy (non-hydrogen) atoms. The number of amides is 2. The van der Waals surface area contributed by atoms with E-state index in [0.717, 1.165) is 0 Å². The Labute approximate surface area is 92.9 Å². The third kappa shape index (κ3) is 3.07. The van der Waals surface area contributed by atoms with Crippen LogP contribution < -0.4 is 0 Å². The summed E-state index contributed by atoms with van der Waals surface area (Å²) in [7, 11) is 1.49. The van der Waals surface area contributed by atoms with Crippen molar-refractivity contribution in [2.75, 3.05) is 26.7 Å². The van der Waals surface area contributed by atoms with Crippen molar-refractivity contribution >= 4 is 12.0 Å². The first kappa shape index (κ1) is 12.7. The van der Waals surface area contributed by atoms with Crippen LogP contribution in [0, 0.1) is 0 Å². The molecule has 0 radical (unpaired) electrons. The van der Waals surface area contributed by atoms with Gasteiger partial charge in [-0.1, -0.05) is 0 Å². The minimum Gasteiger partial charge on any atom is -0.481 e. The average Bonchev–Trinajstić information content (AvgIpc) is 2.54. The van der Waals surface area contributed by atoms with Crippen molar-refractivity contribution in [2.45, 2.75) is 18.6 Å². The molecule has 0 aromatic heterocycles. The summed E-state index contributed by atoms with van der Waals surface area (Å²) in [6.07, 6.45) is -1.96. The lowest BCUT2D eigenvalue weighted by molar-refractivity contribution is -0.137. The fraction of sp³-hybridized carbons (Fsp3) is 0.778. The maximum absolute atomic E-state index is 11.7. The highest BCUT2D eigenvalue weighted by molar-refractivity contribution is 5.75. The van der Waals surface area contributed by atoms with Crippen molar-refractivity contribution < 1.29 is 24.9 Å². The monoisotopic (exact) mass is 232 g/mol. The quantitative estimate of drug-likeness (QED) is 0.552. The van der Waals surface area contributed by atoms with Gasteiger partial charge in [-0.15, -0.1) is 0 Å². The van der Waals surface area contributed by atoms with E-state index in [9.17, 15) is 19.8 Å². The fourth-order valence-electron chi connectivity index (χ4n) is 1.53. The van der Waals surface area contributed by atoms with Crippen molar-refractivity contribution in [1.29, 1.82) is 0 Å². The highest BCUT2D eigenvalue weighted by Gasteiger charge is 2.33. The molecule has 0 bridgehead atoms. The van der Waals surface area contributed by atoms with Gasteiger partial charge >= 0.3 is 12.0 Å². The lowest BCUT2D eigenvalue weighted by Gasteiger charge is -2.23. The summed E-state index contributed by atoms with van der Waals surface area (Å²) in [6.45, 7) is 0.270. The summed E-state index contributed by atoms with van der Waals surface area (Å²) in [5.41, 5.74) is 0. The molecule has 1 saturated heterocycles. The Morgan fingerprint density at radius 2 is 1.81 bits per heavy atom. The predicted octanol–water partition coefficient (Wildman–Crippen LogP) is -1.45. The number of urea groups is 1.